The molecule has 0 amide bonds. The molecular weight excluding hydrogens is 262 g/mol. The van der Waals surface area contributed by atoms with Crippen LogP contribution < -0.4 is 5.73 Å². The highest BCUT2D eigenvalue weighted by atomic mass is 32.2. The van der Waals surface area contributed by atoms with Crippen LogP contribution in [0.4, 0.5) is 5.69 Å². The predicted octanol–water partition coefficient (Wildman–Crippen LogP) is 1.17. The van der Waals surface area contributed by atoms with Crippen LogP contribution in [0.1, 0.15) is 18.5 Å². The summed E-state index contributed by atoms with van der Waals surface area (Å²) in [6, 6.07) is 5.70. The molecular formula is C12H17N5OS. The number of hydrogen-bond donors (Lipinski definition) is 1. The lowest BCUT2D eigenvalue weighted by atomic mass is 10.1. The van der Waals surface area contributed by atoms with Crippen LogP contribution in [0.25, 0.3) is 11.4 Å². The van der Waals surface area contributed by atoms with E-state index in [2.05, 4.69) is 15.5 Å². The predicted molar refractivity (Wildman–Crippen MR) is 76.0 cm³/mol. The van der Waals surface area contributed by atoms with E-state index >= 15 is 0 Å². The van der Waals surface area contributed by atoms with E-state index in [1.165, 1.54) is 0 Å². The lowest BCUT2D eigenvalue weighted by Crippen LogP contribution is -2.15. The Bertz CT molecular complexity index is 610. The Balaban J connectivity index is 2.38. The summed E-state index contributed by atoms with van der Waals surface area (Å²) in [5, 5.41) is 11.7. The van der Waals surface area contributed by atoms with Crippen molar-refractivity contribution >= 4 is 16.5 Å². The zero-order chi connectivity index (χ0) is 14.0. The molecule has 0 radical (unpaired) electrons. The largest absolute Gasteiger partial charge is 0.398 e. The lowest BCUT2D eigenvalue weighted by Gasteiger charge is -2.12. The van der Waals surface area contributed by atoms with E-state index in [-0.39, 0.29) is 6.04 Å². The molecule has 2 unspecified atom stereocenters. The number of tetrazole rings is 1. The molecule has 0 fully saturated rings. The number of nitrogens with zero attached hydrogens (tertiary/aromatic N) is 4. The van der Waals surface area contributed by atoms with Crippen LogP contribution in [0.3, 0.4) is 0 Å². The molecule has 19 heavy (non-hydrogen) atoms. The van der Waals surface area contributed by atoms with Crippen LogP contribution >= 0.6 is 0 Å². The fourth-order valence-electron chi connectivity index (χ4n) is 1.87. The molecule has 2 atom stereocenters. The van der Waals surface area contributed by atoms with Gasteiger partial charge in [-0.15, -0.1) is 5.10 Å². The average Bonchev–Trinajstić information content (AvgIpc) is 2.81. The van der Waals surface area contributed by atoms with Gasteiger partial charge in [0.1, 0.15) is 0 Å². The van der Waals surface area contributed by atoms with E-state index in [0.717, 1.165) is 11.1 Å². The summed E-state index contributed by atoms with van der Waals surface area (Å²) < 4.78 is 13.0. The van der Waals surface area contributed by atoms with Crippen molar-refractivity contribution in [2.75, 3.05) is 17.7 Å². The summed E-state index contributed by atoms with van der Waals surface area (Å²) in [5.74, 6) is 1.16. The molecule has 0 bridgehead atoms. The number of benzene rings is 1. The van der Waals surface area contributed by atoms with Crippen molar-refractivity contribution in [3.05, 3.63) is 23.8 Å². The normalized spacial score (nSPS) is 14.3. The molecule has 0 saturated carbocycles. The fourth-order valence-corrected chi connectivity index (χ4v) is 2.69. The average molecular weight is 279 g/mol. The molecule has 2 N–H and O–H groups in total. The molecule has 2 aromatic rings. The third kappa shape index (κ3) is 2.98. The molecule has 6 nitrogen and oxygen atoms in total. The third-order valence-corrected chi connectivity index (χ3v) is 3.88. The van der Waals surface area contributed by atoms with Gasteiger partial charge in [-0.3, -0.25) is 4.21 Å². The van der Waals surface area contributed by atoms with Gasteiger partial charge in [0.2, 0.25) is 0 Å². The second-order valence-corrected chi connectivity index (χ2v) is 6.09. The number of rotatable bonds is 4. The summed E-state index contributed by atoms with van der Waals surface area (Å²) in [6.45, 7) is 3.89. The molecule has 0 aliphatic rings. The van der Waals surface area contributed by atoms with Gasteiger partial charge in [0.05, 0.1) is 6.04 Å². The zero-order valence-electron chi connectivity index (χ0n) is 11.2. The van der Waals surface area contributed by atoms with Gasteiger partial charge in [0, 0.05) is 34.1 Å². The van der Waals surface area contributed by atoms with E-state index in [1.54, 1.807) is 10.9 Å². The van der Waals surface area contributed by atoms with Crippen LogP contribution in [0.2, 0.25) is 0 Å². The second kappa shape index (κ2) is 5.48. The van der Waals surface area contributed by atoms with E-state index in [4.69, 9.17) is 5.73 Å². The van der Waals surface area contributed by atoms with Crippen LogP contribution in [0, 0.1) is 6.92 Å². The highest BCUT2D eigenvalue weighted by Gasteiger charge is 2.16. The van der Waals surface area contributed by atoms with Gasteiger partial charge >= 0.3 is 0 Å². The molecule has 0 spiro atoms. The SMILES string of the molecule is Cc1ccc(-c2nnnn2C(C)CS(C)=O)cc1N. The van der Waals surface area contributed by atoms with Gasteiger partial charge in [-0.1, -0.05) is 12.1 Å². The zero-order valence-corrected chi connectivity index (χ0v) is 12.0. The number of nitrogen functional groups attached to an aromatic ring is 1. The molecule has 0 saturated heterocycles. The summed E-state index contributed by atoms with van der Waals surface area (Å²) in [6.07, 6.45) is 1.67. The number of aromatic nitrogens is 4. The summed E-state index contributed by atoms with van der Waals surface area (Å²) in [5.41, 5.74) is 8.50. The van der Waals surface area contributed by atoms with Gasteiger partial charge < -0.3 is 5.73 Å². The van der Waals surface area contributed by atoms with Gasteiger partial charge in [0.25, 0.3) is 0 Å². The van der Waals surface area contributed by atoms with E-state index in [0.29, 0.717) is 17.3 Å². The Morgan fingerprint density at radius 1 is 1.47 bits per heavy atom. The van der Waals surface area contributed by atoms with Crippen LogP contribution in [0.5, 0.6) is 0 Å². The molecule has 1 aromatic carbocycles. The maximum Gasteiger partial charge on any atom is 0.182 e. The molecule has 0 aliphatic carbocycles. The minimum absolute atomic E-state index is 0.0293. The summed E-state index contributed by atoms with van der Waals surface area (Å²) in [7, 11) is -0.894. The van der Waals surface area contributed by atoms with Crippen molar-refractivity contribution in [3.63, 3.8) is 0 Å². The van der Waals surface area contributed by atoms with E-state index in [9.17, 15) is 4.21 Å². The van der Waals surface area contributed by atoms with Crippen molar-refractivity contribution < 1.29 is 4.21 Å². The number of aryl methyl sites for hydroxylation is 1. The summed E-state index contributed by atoms with van der Waals surface area (Å²) >= 11 is 0. The van der Waals surface area contributed by atoms with Gasteiger partial charge in [-0.2, -0.15) is 0 Å². The lowest BCUT2D eigenvalue weighted by molar-refractivity contribution is 0.521. The van der Waals surface area contributed by atoms with E-state index in [1.807, 2.05) is 32.0 Å². The third-order valence-electron chi connectivity index (χ3n) is 2.92. The molecule has 1 heterocycles. The highest BCUT2D eigenvalue weighted by molar-refractivity contribution is 7.84. The van der Waals surface area contributed by atoms with Gasteiger partial charge in [0.15, 0.2) is 5.82 Å². The Morgan fingerprint density at radius 2 is 2.21 bits per heavy atom. The highest BCUT2D eigenvalue weighted by Crippen LogP contribution is 2.23. The van der Waals surface area contributed by atoms with Gasteiger partial charge in [-0.25, -0.2) is 4.68 Å². The minimum atomic E-state index is -0.894. The van der Waals surface area contributed by atoms with Crippen molar-refractivity contribution in [1.82, 2.24) is 20.2 Å². The first kappa shape index (κ1) is 13.7. The number of hydrogen-bond acceptors (Lipinski definition) is 5. The Hall–Kier alpha value is -1.76. The quantitative estimate of drug-likeness (QED) is 0.849. The van der Waals surface area contributed by atoms with Crippen LogP contribution in [-0.4, -0.2) is 36.4 Å². The molecule has 1 aromatic heterocycles. The first-order chi connectivity index (χ1) is 8.99. The maximum absolute atomic E-state index is 11.3. The van der Waals surface area contributed by atoms with Crippen molar-refractivity contribution in [2.45, 2.75) is 19.9 Å². The Kier molecular flexibility index (Phi) is 3.94. The first-order valence-electron chi connectivity index (χ1n) is 5.93. The first-order valence-corrected chi connectivity index (χ1v) is 7.66. The van der Waals surface area contributed by atoms with Crippen molar-refractivity contribution in [3.8, 4) is 11.4 Å². The molecule has 0 aliphatic heterocycles. The second-order valence-electron chi connectivity index (χ2n) is 4.61. The molecule has 102 valence electrons. The smallest absolute Gasteiger partial charge is 0.182 e. The standard InChI is InChI=1S/C12H17N5OS/c1-8-4-5-10(6-11(8)13)12-14-15-16-17(12)9(2)7-19(3)18/h4-6,9H,7,13H2,1-3H3. The van der Waals surface area contributed by atoms with Gasteiger partial charge in [-0.05, 0) is 35.9 Å². The Morgan fingerprint density at radius 3 is 2.84 bits per heavy atom. The van der Waals surface area contributed by atoms with Crippen molar-refractivity contribution in [2.24, 2.45) is 0 Å². The number of anilines is 1. The minimum Gasteiger partial charge on any atom is -0.398 e. The maximum atomic E-state index is 11.3. The van der Waals surface area contributed by atoms with E-state index < -0.39 is 10.8 Å². The topological polar surface area (TPSA) is 86.7 Å². The molecule has 2 rings (SSSR count). The summed E-state index contributed by atoms with van der Waals surface area (Å²) in [4.78, 5) is 0. The number of nitrogens with two attached hydrogens (primary N) is 1. The van der Waals surface area contributed by atoms with Crippen LogP contribution in [-0.2, 0) is 10.8 Å². The monoisotopic (exact) mass is 279 g/mol. The fraction of sp³-hybridized carbons (Fsp3) is 0.417. The Labute approximate surface area is 114 Å². The van der Waals surface area contributed by atoms with Crippen molar-refractivity contribution in [1.29, 1.82) is 0 Å². The molecule has 7 heteroatoms. The van der Waals surface area contributed by atoms with Crippen LogP contribution in [0.15, 0.2) is 18.2 Å².